The van der Waals surface area contributed by atoms with E-state index in [2.05, 4.69) is 20.3 Å². The number of carbonyl (C=O) groups excluding carboxylic acids is 1. The fourth-order valence-electron chi connectivity index (χ4n) is 4.38. The van der Waals surface area contributed by atoms with Crippen molar-refractivity contribution in [3.05, 3.63) is 47.9 Å². The molecule has 1 aliphatic carbocycles. The lowest BCUT2D eigenvalue weighted by molar-refractivity contribution is 0.0462. The van der Waals surface area contributed by atoms with Crippen molar-refractivity contribution < 1.29 is 14.3 Å². The largest absolute Gasteiger partial charge is 0.391 e. The summed E-state index contributed by atoms with van der Waals surface area (Å²) in [7, 11) is 0. The number of pyridine rings is 1. The molecular formula is C20H24FN5O2. The number of hydrogen-bond acceptors (Lipinski definition) is 6. The van der Waals surface area contributed by atoms with Gasteiger partial charge in [0.1, 0.15) is 6.33 Å². The van der Waals surface area contributed by atoms with Crippen LogP contribution in [0.3, 0.4) is 0 Å². The van der Waals surface area contributed by atoms with Crippen molar-refractivity contribution in [3.8, 4) is 0 Å². The number of aryl methyl sites for hydroxylation is 1. The van der Waals surface area contributed by atoms with E-state index in [0.717, 1.165) is 0 Å². The van der Waals surface area contributed by atoms with E-state index in [9.17, 15) is 14.3 Å². The Morgan fingerprint density at radius 1 is 1.25 bits per heavy atom. The third-order valence-corrected chi connectivity index (χ3v) is 5.88. The van der Waals surface area contributed by atoms with Crippen LogP contribution in [0, 0.1) is 17.7 Å². The van der Waals surface area contributed by atoms with Gasteiger partial charge in [0.15, 0.2) is 11.6 Å². The van der Waals surface area contributed by atoms with Crippen LogP contribution in [0.15, 0.2) is 30.9 Å². The van der Waals surface area contributed by atoms with Gasteiger partial charge < -0.3 is 15.3 Å². The topological polar surface area (TPSA) is 91.2 Å². The number of aromatic nitrogens is 3. The first kappa shape index (κ1) is 18.7. The fraction of sp³-hybridized carbons (Fsp3) is 0.500. The number of aliphatic hydroxyl groups excluding tert-OH is 1. The molecule has 3 heterocycles. The molecule has 1 aliphatic heterocycles. The minimum absolute atomic E-state index is 0.214. The molecule has 7 nitrogen and oxygen atoms in total. The lowest BCUT2D eigenvalue weighted by atomic mass is 9.77. The standard InChI is InChI=1S/C20H24FN5O2/c1-2-15-18(21)19(24-11-23-15)26-9-13-7-16(17(27)8-14(13)10-26)25-20(28)12-3-5-22-6-4-12/h3-6,11,13-14,16-17,27H,2,7-10H2,1H3,(H,25,28)/t13-,14+,16-,17-/m0/s1. The summed E-state index contributed by atoms with van der Waals surface area (Å²) in [6.07, 6.45) is 5.68. The van der Waals surface area contributed by atoms with Crippen molar-refractivity contribution in [1.82, 2.24) is 20.3 Å². The molecule has 2 aliphatic rings. The Balaban J connectivity index is 1.45. The van der Waals surface area contributed by atoms with Gasteiger partial charge in [-0.05, 0) is 43.2 Å². The van der Waals surface area contributed by atoms with Crippen LogP contribution in [0.1, 0.15) is 35.8 Å². The minimum atomic E-state index is -0.617. The van der Waals surface area contributed by atoms with Crippen molar-refractivity contribution in [1.29, 1.82) is 0 Å². The van der Waals surface area contributed by atoms with Crippen LogP contribution in [0.25, 0.3) is 0 Å². The lowest BCUT2D eigenvalue weighted by Gasteiger charge is -2.35. The van der Waals surface area contributed by atoms with Crippen LogP contribution in [-0.4, -0.2) is 51.2 Å². The highest BCUT2D eigenvalue weighted by Crippen LogP contribution is 2.38. The van der Waals surface area contributed by atoms with E-state index in [4.69, 9.17) is 0 Å². The van der Waals surface area contributed by atoms with E-state index in [1.165, 1.54) is 6.33 Å². The molecule has 28 heavy (non-hydrogen) atoms. The Kier molecular flexibility index (Phi) is 5.21. The van der Waals surface area contributed by atoms with Gasteiger partial charge in [-0.1, -0.05) is 6.92 Å². The summed E-state index contributed by atoms with van der Waals surface area (Å²) in [6, 6.07) is 2.98. The van der Waals surface area contributed by atoms with Crippen LogP contribution >= 0.6 is 0 Å². The molecule has 1 saturated heterocycles. The Hall–Kier alpha value is -2.61. The van der Waals surface area contributed by atoms with Crippen molar-refractivity contribution in [2.45, 2.75) is 38.3 Å². The van der Waals surface area contributed by atoms with Gasteiger partial charge in [-0.25, -0.2) is 14.4 Å². The fourth-order valence-corrected chi connectivity index (χ4v) is 4.38. The van der Waals surface area contributed by atoms with Gasteiger partial charge in [0.05, 0.1) is 17.8 Å². The second-order valence-electron chi connectivity index (χ2n) is 7.59. The maximum atomic E-state index is 14.6. The van der Waals surface area contributed by atoms with E-state index in [-0.39, 0.29) is 29.6 Å². The number of aliphatic hydroxyl groups is 1. The first-order valence-corrected chi connectivity index (χ1v) is 9.70. The Bertz CT molecular complexity index is 850. The minimum Gasteiger partial charge on any atom is -0.391 e. The molecule has 2 aromatic rings. The van der Waals surface area contributed by atoms with Crippen molar-refractivity contribution in [2.75, 3.05) is 18.0 Å². The highest BCUT2D eigenvalue weighted by atomic mass is 19.1. The summed E-state index contributed by atoms with van der Waals surface area (Å²) in [5.74, 6) is 0.295. The second kappa shape index (κ2) is 7.79. The SMILES string of the molecule is CCc1ncnc(N2C[C@H]3C[C@H](O)[C@@H](NC(=O)c4ccncc4)C[C@H]3C2)c1F. The van der Waals surface area contributed by atoms with Crippen molar-refractivity contribution in [2.24, 2.45) is 11.8 Å². The molecule has 1 saturated carbocycles. The summed E-state index contributed by atoms with van der Waals surface area (Å²) in [6.45, 7) is 3.19. The first-order valence-electron chi connectivity index (χ1n) is 9.70. The van der Waals surface area contributed by atoms with Gasteiger partial charge in [0.2, 0.25) is 0 Å². The van der Waals surface area contributed by atoms with Gasteiger partial charge in [-0.3, -0.25) is 9.78 Å². The molecule has 1 amide bonds. The molecule has 0 unspecified atom stereocenters. The highest BCUT2D eigenvalue weighted by Gasteiger charge is 2.43. The maximum absolute atomic E-state index is 14.6. The summed E-state index contributed by atoms with van der Waals surface area (Å²) >= 11 is 0. The Morgan fingerprint density at radius 2 is 1.96 bits per heavy atom. The molecule has 2 fully saturated rings. The van der Waals surface area contributed by atoms with Gasteiger partial charge in [-0.2, -0.15) is 0 Å². The highest BCUT2D eigenvalue weighted by molar-refractivity contribution is 5.94. The van der Waals surface area contributed by atoms with Gasteiger partial charge in [-0.15, -0.1) is 0 Å². The average molecular weight is 385 g/mol. The summed E-state index contributed by atoms with van der Waals surface area (Å²) in [5, 5.41) is 13.5. The van der Waals surface area contributed by atoms with Crippen molar-refractivity contribution >= 4 is 11.7 Å². The van der Waals surface area contributed by atoms with Crippen LogP contribution in [0.2, 0.25) is 0 Å². The van der Waals surface area contributed by atoms with Gasteiger partial charge in [0, 0.05) is 31.0 Å². The third-order valence-electron chi connectivity index (χ3n) is 5.88. The van der Waals surface area contributed by atoms with Crippen LogP contribution < -0.4 is 10.2 Å². The number of fused-ring (bicyclic) bond motifs is 1. The number of nitrogens with one attached hydrogen (secondary N) is 1. The monoisotopic (exact) mass is 385 g/mol. The number of carbonyl (C=O) groups is 1. The molecule has 0 radical (unpaired) electrons. The molecule has 8 heteroatoms. The van der Waals surface area contributed by atoms with Crippen molar-refractivity contribution in [3.63, 3.8) is 0 Å². The summed E-state index contributed by atoms with van der Waals surface area (Å²) in [4.78, 5) is 26.4. The van der Waals surface area contributed by atoms with Gasteiger partial charge >= 0.3 is 0 Å². The van der Waals surface area contributed by atoms with Crippen LogP contribution in [0.5, 0.6) is 0 Å². The number of rotatable bonds is 4. The molecule has 0 spiro atoms. The zero-order chi connectivity index (χ0) is 19.7. The predicted molar refractivity (Wildman–Crippen MR) is 101 cm³/mol. The molecular weight excluding hydrogens is 361 g/mol. The van der Waals surface area contributed by atoms with E-state index in [1.807, 2.05) is 11.8 Å². The zero-order valence-electron chi connectivity index (χ0n) is 15.8. The summed E-state index contributed by atoms with van der Waals surface area (Å²) < 4.78 is 14.6. The Morgan fingerprint density at radius 3 is 2.68 bits per heavy atom. The molecule has 4 rings (SSSR count). The summed E-state index contributed by atoms with van der Waals surface area (Å²) in [5.41, 5.74) is 0.940. The van der Waals surface area contributed by atoms with E-state index in [0.29, 0.717) is 49.4 Å². The lowest BCUT2D eigenvalue weighted by Crippen LogP contribution is -2.49. The molecule has 0 bridgehead atoms. The molecule has 2 aromatic heterocycles. The van der Waals surface area contributed by atoms with E-state index < -0.39 is 6.10 Å². The maximum Gasteiger partial charge on any atom is 0.251 e. The molecule has 0 aromatic carbocycles. The molecule has 2 N–H and O–H groups in total. The smallest absolute Gasteiger partial charge is 0.251 e. The zero-order valence-corrected chi connectivity index (χ0v) is 15.8. The number of anilines is 1. The molecule has 4 atom stereocenters. The van der Waals surface area contributed by atoms with Crippen LogP contribution in [0.4, 0.5) is 10.2 Å². The van der Waals surface area contributed by atoms with Gasteiger partial charge in [0.25, 0.3) is 5.91 Å². The first-order chi connectivity index (χ1) is 13.6. The normalized spacial score (nSPS) is 26.8. The number of amides is 1. The second-order valence-corrected chi connectivity index (χ2v) is 7.59. The predicted octanol–water partition coefficient (Wildman–Crippen LogP) is 1.58. The number of halogens is 1. The van der Waals surface area contributed by atoms with E-state index >= 15 is 0 Å². The van der Waals surface area contributed by atoms with E-state index in [1.54, 1.807) is 24.5 Å². The van der Waals surface area contributed by atoms with Crippen LogP contribution in [-0.2, 0) is 6.42 Å². The molecule has 148 valence electrons. The third kappa shape index (κ3) is 3.56. The Labute approximate surface area is 163 Å². The average Bonchev–Trinajstić information content (AvgIpc) is 3.11. The number of nitrogens with zero attached hydrogens (tertiary/aromatic N) is 4. The quantitative estimate of drug-likeness (QED) is 0.830. The number of hydrogen-bond donors (Lipinski definition) is 2.